The van der Waals surface area contributed by atoms with Crippen molar-refractivity contribution in [1.29, 1.82) is 5.26 Å². The molecule has 0 saturated carbocycles. The molecule has 0 unspecified atom stereocenters. The molecule has 38 heavy (non-hydrogen) atoms. The van der Waals surface area contributed by atoms with Crippen LogP contribution in [0, 0.1) is 25.3 Å². The lowest BCUT2D eigenvalue weighted by atomic mass is 9.99. The van der Waals surface area contributed by atoms with Gasteiger partial charge in [-0.15, -0.1) is 5.10 Å². The predicted octanol–water partition coefficient (Wildman–Crippen LogP) is 5.42. The molecule has 0 radical (unpaired) electrons. The van der Waals surface area contributed by atoms with Gasteiger partial charge in [0, 0.05) is 30.9 Å². The SMILES string of the molecule is CCOc1nc(C(F)(F)F)cc(CC(CCc2cc(C)c(-c3cn(C)nc3C(F)(F)F)nn2)=NC#N)c1C. The molecule has 3 aromatic heterocycles. The average molecular weight is 539 g/mol. The third-order valence-corrected chi connectivity index (χ3v) is 5.57. The summed E-state index contributed by atoms with van der Waals surface area (Å²) in [6.45, 7) is 4.89. The zero-order valence-corrected chi connectivity index (χ0v) is 20.9. The summed E-state index contributed by atoms with van der Waals surface area (Å²) in [5, 5.41) is 20.6. The van der Waals surface area contributed by atoms with Gasteiger partial charge in [0.1, 0.15) is 5.69 Å². The van der Waals surface area contributed by atoms with E-state index in [1.54, 1.807) is 33.0 Å². The zero-order valence-electron chi connectivity index (χ0n) is 20.9. The van der Waals surface area contributed by atoms with Gasteiger partial charge in [-0.3, -0.25) is 4.68 Å². The van der Waals surface area contributed by atoms with E-state index in [0.717, 1.165) is 10.7 Å². The minimum absolute atomic E-state index is 0.0237. The van der Waals surface area contributed by atoms with Crippen molar-refractivity contribution in [3.8, 4) is 23.3 Å². The summed E-state index contributed by atoms with van der Waals surface area (Å²) >= 11 is 0. The van der Waals surface area contributed by atoms with E-state index < -0.39 is 23.7 Å². The summed E-state index contributed by atoms with van der Waals surface area (Å²) in [5.74, 6) is -0.153. The molecular weight excluding hydrogens is 516 g/mol. The third kappa shape index (κ3) is 6.64. The summed E-state index contributed by atoms with van der Waals surface area (Å²) in [4.78, 5) is 7.33. The first-order valence-corrected chi connectivity index (χ1v) is 11.3. The number of ether oxygens (including phenoxy) is 1. The predicted molar refractivity (Wildman–Crippen MR) is 124 cm³/mol. The van der Waals surface area contributed by atoms with Gasteiger partial charge in [-0.05, 0) is 56.9 Å². The molecule has 0 amide bonds. The van der Waals surface area contributed by atoms with Crippen LogP contribution in [-0.4, -0.2) is 37.3 Å². The second-order valence-corrected chi connectivity index (χ2v) is 8.41. The second kappa shape index (κ2) is 11.2. The van der Waals surface area contributed by atoms with E-state index >= 15 is 0 Å². The number of rotatable bonds is 8. The van der Waals surface area contributed by atoms with Crippen molar-refractivity contribution >= 4 is 5.71 Å². The van der Waals surface area contributed by atoms with Crippen LogP contribution in [0.3, 0.4) is 0 Å². The molecule has 3 aromatic rings. The molecule has 14 heteroatoms. The van der Waals surface area contributed by atoms with Crippen molar-refractivity contribution < 1.29 is 31.1 Å². The number of nitrogens with zero attached hydrogens (tertiary/aromatic N) is 7. The average Bonchev–Trinajstić information content (AvgIpc) is 3.21. The summed E-state index contributed by atoms with van der Waals surface area (Å²) < 4.78 is 86.5. The van der Waals surface area contributed by atoms with Crippen LogP contribution in [-0.2, 0) is 32.2 Å². The Kier molecular flexibility index (Phi) is 8.38. The number of hydrogen-bond acceptors (Lipinski definition) is 7. The van der Waals surface area contributed by atoms with E-state index in [9.17, 15) is 26.3 Å². The fraction of sp³-hybridized carbons (Fsp3) is 0.417. The first-order valence-electron chi connectivity index (χ1n) is 11.3. The highest BCUT2D eigenvalue weighted by atomic mass is 19.4. The van der Waals surface area contributed by atoms with Gasteiger partial charge >= 0.3 is 12.4 Å². The maximum atomic E-state index is 13.4. The molecule has 0 aliphatic rings. The van der Waals surface area contributed by atoms with Gasteiger partial charge in [-0.1, -0.05) is 0 Å². The summed E-state index contributed by atoms with van der Waals surface area (Å²) in [6.07, 6.45) is -6.23. The number of nitriles is 1. The Hall–Kier alpha value is -4.02. The highest BCUT2D eigenvalue weighted by molar-refractivity contribution is 5.88. The number of halogens is 6. The molecule has 8 nitrogen and oxygen atoms in total. The van der Waals surface area contributed by atoms with Crippen LogP contribution in [0.2, 0.25) is 0 Å². The van der Waals surface area contributed by atoms with E-state index in [0.29, 0.717) is 16.8 Å². The number of alkyl halides is 6. The van der Waals surface area contributed by atoms with Crippen LogP contribution in [0.5, 0.6) is 5.88 Å². The Morgan fingerprint density at radius 2 is 1.82 bits per heavy atom. The maximum Gasteiger partial charge on any atom is 0.435 e. The first-order chi connectivity index (χ1) is 17.7. The molecule has 0 aliphatic heterocycles. The lowest BCUT2D eigenvalue weighted by Crippen LogP contribution is -2.14. The van der Waals surface area contributed by atoms with Crippen LogP contribution in [0.25, 0.3) is 11.3 Å². The monoisotopic (exact) mass is 539 g/mol. The van der Waals surface area contributed by atoms with Gasteiger partial charge in [-0.25, -0.2) is 4.98 Å². The lowest BCUT2D eigenvalue weighted by molar-refractivity contribution is -0.142. The molecule has 0 N–H and O–H groups in total. The molecule has 3 rings (SSSR count). The molecule has 202 valence electrons. The standard InChI is InChI=1S/C24H23F6N7O/c1-5-38-22-14(3)15(10-19(33-22)23(25,26)27)9-16(32-12-31)6-7-17-8-13(2)20(35-34-17)18-11-37(4)36-21(18)24(28,29)30/h8,10-11H,5-7,9H2,1-4H3. The Morgan fingerprint density at radius 3 is 2.39 bits per heavy atom. The van der Waals surface area contributed by atoms with Crippen LogP contribution in [0.4, 0.5) is 26.3 Å². The Bertz CT molecular complexity index is 1390. The molecule has 0 bridgehead atoms. The van der Waals surface area contributed by atoms with Gasteiger partial charge in [0.2, 0.25) is 12.1 Å². The fourth-order valence-corrected chi connectivity index (χ4v) is 3.79. The van der Waals surface area contributed by atoms with Crippen LogP contribution >= 0.6 is 0 Å². The summed E-state index contributed by atoms with van der Waals surface area (Å²) in [6, 6.07) is 2.46. The third-order valence-electron chi connectivity index (χ3n) is 5.57. The normalized spacial score (nSPS) is 12.5. The molecule has 0 spiro atoms. The summed E-state index contributed by atoms with van der Waals surface area (Å²) in [7, 11) is 1.37. The molecule has 0 fully saturated rings. The van der Waals surface area contributed by atoms with E-state index in [2.05, 4.69) is 25.3 Å². The van der Waals surface area contributed by atoms with Crippen LogP contribution < -0.4 is 4.74 Å². The fourth-order valence-electron chi connectivity index (χ4n) is 3.79. The van der Waals surface area contributed by atoms with Crippen molar-refractivity contribution in [3.63, 3.8) is 0 Å². The van der Waals surface area contributed by atoms with E-state index in [-0.39, 0.29) is 54.3 Å². The molecule has 0 aliphatic carbocycles. The zero-order chi connectivity index (χ0) is 28.3. The van der Waals surface area contributed by atoms with Crippen molar-refractivity contribution in [3.05, 3.63) is 52.1 Å². The molecule has 3 heterocycles. The number of aryl methyl sites for hydroxylation is 3. The topological polar surface area (TPSA) is 102 Å². The Labute approximate surface area is 214 Å². The highest BCUT2D eigenvalue weighted by Gasteiger charge is 2.38. The summed E-state index contributed by atoms with van der Waals surface area (Å²) in [5.41, 5.74) is -0.624. The van der Waals surface area contributed by atoms with Gasteiger partial charge in [-0.2, -0.15) is 46.8 Å². The molecule has 0 saturated heterocycles. The lowest BCUT2D eigenvalue weighted by Gasteiger charge is -2.15. The van der Waals surface area contributed by atoms with Crippen molar-refractivity contribution in [1.82, 2.24) is 25.0 Å². The van der Waals surface area contributed by atoms with Gasteiger partial charge in [0.05, 0.1) is 23.6 Å². The quantitative estimate of drug-likeness (QED) is 0.215. The number of aromatic nitrogens is 5. The van der Waals surface area contributed by atoms with Gasteiger partial charge in [0.15, 0.2) is 5.69 Å². The van der Waals surface area contributed by atoms with E-state index in [4.69, 9.17) is 10.00 Å². The first kappa shape index (κ1) is 28.5. The highest BCUT2D eigenvalue weighted by Crippen LogP contribution is 2.36. The van der Waals surface area contributed by atoms with Crippen molar-refractivity contribution in [2.24, 2.45) is 12.0 Å². The molecular formula is C24H23F6N7O. The van der Waals surface area contributed by atoms with Crippen molar-refractivity contribution in [2.75, 3.05) is 6.61 Å². The minimum Gasteiger partial charge on any atom is -0.478 e. The van der Waals surface area contributed by atoms with Crippen LogP contribution in [0.15, 0.2) is 23.3 Å². The number of pyridine rings is 1. The van der Waals surface area contributed by atoms with E-state index in [1.165, 1.54) is 13.2 Å². The Morgan fingerprint density at radius 1 is 1.11 bits per heavy atom. The molecule has 0 aromatic carbocycles. The van der Waals surface area contributed by atoms with Gasteiger partial charge in [0.25, 0.3) is 0 Å². The molecule has 0 atom stereocenters. The van der Waals surface area contributed by atoms with Gasteiger partial charge < -0.3 is 4.74 Å². The minimum atomic E-state index is -4.70. The Balaban J connectivity index is 1.85. The number of hydrogen-bond donors (Lipinski definition) is 0. The maximum absolute atomic E-state index is 13.4. The second-order valence-electron chi connectivity index (χ2n) is 8.41. The van der Waals surface area contributed by atoms with Crippen LogP contribution in [0.1, 0.15) is 47.1 Å². The number of aliphatic imine (C=N–C) groups is 1. The van der Waals surface area contributed by atoms with E-state index in [1.807, 2.05) is 0 Å². The largest absolute Gasteiger partial charge is 0.478 e. The van der Waals surface area contributed by atoms with Crippen molar-refractivity contribution in [2.45, 2.75) is 52.4 Å². The smallest absolute Gasteiger partial charge is 0.435 e.